The van der Waals surface area contributed by atoms with E-state index in [-0.39, 0.29) is 24.4 Å². The van der Waals surface area contributed by atoms with Crippen LogP contribution in [-0.4, -0.2) is 16.4 Å². The molecule has 4 rings (SSSR count). The number of anilines is 1. The fraction of sp³-hybridized carbons (Fsp3) is 0.192. The topological polar surface area (TPSA) is 94.2 Å². The van der Waals surface area contributed by atoms with Crippen molar-refractivity contribution in [3.8, 4) is 11.1 Å². The molecular weight excluding hydrogens is 434 g/mol. The Morgan fingerprint density at radius 3 is 2.45 bits per heavy atom. The van der Waals surface area contributed by atoms with Crippen molar-refractivity contribution in [3.05, 3.63) is 86.5 Å². The lowest BCUT2D eigenvalue weighted by Crippen LogP contribution is -2.24. The molecule has 0 fully saturated rings. The summed E-state index contributed by atoms with van der Waals surface area (Å²) in [6.45, 7) is 6.08. The molecule has 0 aliphatic rings. The highest BCUT2D eigenvalue weighted by Gasteiger charge is 2.20. The van der Waals surface area contributed by atoms with Crippen molar-refractivity contribution in [1.29, 1.82) is 0 Å². The van der Waals surface area contributed by atoms with Gasteiger partial charge < -0.3 is 15.6 Å². The molecule has 2 heterocycles. The molecular formula is C26H25N3O3S. The number of amides is 2. The largest absolute Gasteiger partial charge is 0.365 e. The van der Waals surface area contributed by atoms with Gasteiger partial charge >= 0.3 is 0 Å². The predicted molar refractivity (Wildman–Crippen MR) is 134 cm³/mol. The molecule has 7 heteroatoms. The monoisotopic (exact) mass is 459 g/mol. The maximum Gasteiger partial charge on any atom is 0.252 e. The molecule has 168 valence electrons. The van der Waals surface area contributed by atoms with E-state index in [0.717, 1.165) is 33.2 Å². The predicted octanol–water partition coefficient (Wildman–Crippen LogP) is 4.78. The second kappa shape index (κ2) is 9.03. The van der Waals surface area contributed by atoms with Crippen molar-refractivity contribution in [2.24, 2.45) is 5.73 Å². The van der Waals surface area contributed by atoms with Crippen LogP contribution in [0.3, 0.4) is 0 Å². The van der Waals surface area contributed by atoms with E-state index in [2.05, 4.69) is 5.32 Å². The molecule has 3 N–H and O–H groups in total. The van der Waals surface area contributed by atoms with Crippen molar-refractivity contribution in [1.82, 2.24) is 4.57 Å². The zero-order valence-electron chi connectivity index (χ0n) is 18.8. The molecule has 0 atom stereocenters. The fourth-order valence-electron chi connectivity index (χ4n) is 4.05. The standard InChI is InChI=1S/C26H25N3O3S/c1-15-7-9-18(10-8-15)20-14-33-26(23(20)25(27)32)28-21(30)11-12-29-22(31)13-17(3)19-6-4-5-16(2)24(19)29/h4-10,13-14H,11-12H2,1-3H3,(H2,27,32)(H,28,30). The van der Waals surface area contributed by atoms with Gasteiger partial charge in [0, 0.05) is 35.4 Å². The number of para-hydroxylation sites is 1. The zero-order valence-corrected chi connectivity index (χ0v) is 19.6. The lowest BCUT2D eigenvalue weighted by molar-refractivity contribution is -0.116. The van der Waals surface area contributed by atoms with E-state index in [1.165, 1.54) is 11.3 Å². The van der Waals surface area contributed by atoms with Crippen LogP contribution in [-0.2, 0) is 11.3 Å². The van der Waals surface area contributed by atoms with Crippen LogP contribution in [0.15, 0.2) is 58.7 Å². The van der Waals surface area contributed by atoms with Crippen LogP contribution < -0.4 is 16.6 Å². The van der Waals surface area contributed by atoms with Gasteiger partial charge in [-0.25, -0.2) is 0 Å². The van der Waals surface area contributed by atoms with E-state index in [1.807, 2.05) is 68.6 Å². The van der Waals surface area contributed by atoms with Gasteiger partial charge in [0.25, 0.3) is 11.5 Å². The summed E-state index contributed by atoms with van der Waals surface area (Å²) in [7, 11) is 0. The second-order valence-corrected chi connectivity index (χ2v) is 9.05. The first-order valence-corrected chi connectivity index (χ1v) is 11.5. The third-order valence-corrected chi connectivity index (χ3v) is 6.65. The number of carbonyl (C=O) groups is 2. The summed E-state index contributed by atoms with van der Waals surface area (Å²) in [5, 5.41) is 6.05. The minimum absolute atomic E-state index is 0.0857. The van der Waals surface area contributed by atoms with Crippen LogP contribution in [0.4, 0.5) is 5.00 Å². The third kappa shape index (κ3) is 4.45. The number of nitrogens with one attached hydrogen (secondary N) is 1. The minimum Gasteiger partial charge on any atom is -0.365 e. The number of nitrogens with two attached hydrogens (primary N) is 1. The molecule has 0 spiro atoms. The number of hydrogen-bond donors (Lipinski definition) is 2. The molecule has 0 unspecified atom stereocenters. The summed E-state index contributed by atoms with van der Waals surface area (Å²) >= 11 is 1.26. The first-order valence-electron chi connectivity index (χ1n) is 10.6. The minimum atomic E-state index is -0.599. The summed E-state index contributed by atoms with van der Waals surface area (Å²) in [6, 6.07) is 15.3. The number of nitrogens with zero attached hydrogens (tertiary/aromatic N) is 1. The number of aryl methyl sites for hydroxylation is 4. The van der Waals surface area contributed by atoms with Gasteiger partial charge in [0.1, 0.15) is 5.00 Å². The maximum absolute atomic E-state index is 12.8. The Kier molecular flexibility index (Phi) is 6.16. The summed E-state index contributed by atoms with van der Waals surface area (Å²) in [5.74, 6) is -0.887. The second-order valence-electron chi connectivity index (χ2n) is 8.17. The highest BCUT2D eigenvalue weighted by atomic mass is 32.1. The SMILES string of the molecule is Cc1ccc(-c2csc(NC(=O)CCn3c(=O)cc(C)c4cccc(C)c43)c2C(N)=O)cc1. The van der Waals surface area contributed by atoms with Crippen LogP contribution in [0.2, 0.25) is 0 Å². The Morgan fingerprint density at radius 1 is 1.03 bits per heavy atom. The third-order valence-electron chi connectivity index (χ3n) is 5.75. The van der Waals surface area contributed by atoms with Gasteiger partial charge in [-0.3, -0.25) is 14.4 Å². The number of rotatable bonds is 6. The molecule has 0 aliphatic carbocycles. The lowest BCUT2D eigenvalue weighted by atomic mass is 10.0. The van der Waals surface area contributed by atoms with Gasteiger partial charge in [0.2, 0.25) is 5.91 Å². The number of hydrogen-bond acceptors (Lipinski definition) is 4. The number of thiophene rings is 1. The molecule has 0 radical (unpaired) electrons. The molecule has 0 aliphatic heterocycles. The van der Waals surface area contributed by atoms with E-state index >= 15 is 0 Å². The molecule has 0 saturated heterocycles. The van der Waals surface area contributed by atoms with Gasteiger partial charge in [-0.1, -0.05) is 48.0 Å². The summed E-state index contributed by atoms with van der Waals surface area (Å²) in [5.41, 5.74) is 11.2. The Hall–Kier alpha value is -3.71. The molecule has 33 heavy (non-hydrogen) atoms. The Bertz CT molecular complexity index is 1430. The fourth-order valence-corrected chi connectivity index (χ4v) is 5.04. The van der Waals surface area contributed by atoms with E-state index in [0.29, 0.717) is 16.1 Å². The number of carbonyl (C=O) groups excluding carboxylic acids is 2. The van der Waals surface area contributed by atoms with Crippen molar-refractivity contribution < 1.29 is 9.59 Å². The highest BCUT2D eigenvalue weighted by molar-refractivity contribution is 7.15. The Balaban J connectivity index is 1.58. The van der Waals surface area contributed by atoms with Crippen LogP contribution in [0.1, 0.15) is 33.5 Å². The van der Waals surface area contributed by atoms with Crippen molar-refractivity contribution in [2.45, 2.75) is 33.7 Å². The molecule has 0 bridgehead atoms. The van der Waals surface area contributed by atoms with Gasteiger partial charge in [-0.05, 0) is 37.5 Å². The summed E-state index contributed by atoms with van der Waals surface area (Å²) in [4.78, 5) is 37.7. The van der Waals surface area contributed by atoms with E-state index in [9.17, 15) is 14.4 Å². The van der Waals surface area contributed by atoms with Gasteiger partial charge in [-0.15, -0.1) is 11.3 Å². The van der Waals surface area contributed by atoms with E-state index in [1.54, 1.807) is 10.6 Å². The quantitative estimate of drug-likeness (QED) is 0.434. The zero-order chi connectivity index (χ0) is 23.7. The Morgan fingerprint density at radius 2 is 1.76 bits per heavy atom. The van der Waals surface area contributed by atoms with Gasteiger partial charge in [0.05, 0.1) is 11.1 Å². The van der Waals surface area contributed by atoms with Gasteiger partial charge in [0.15, 0.2) is 0 Å². The van der Waals surface area contributed by atoms with E-state index < -0.39 is 5.91 Å². The van der Waals surface area contributed by atoms with Crippen LogP contribution in [0.5, 0.6) is 0 Å². The molecule has 6 nitrogen and oxygen atoms in total. The summed E-state index contributed by atoms with van der Waals surface area (Å²) in [6.07, 6.45) is 0.0857. The highest BCUT2D eigenvalue weighted by Crippen LogP contribution is 2.35. The van der Waals surface area contributed by atoms with Crippen molar-refractivity contribution >= 4 is 39.1 Å². The lowest BCUT2D eigenvalue weighted by Gasteiger charge is -2.14. The van der Waals surface area contributed by atoms with Crippen LogP contribution in [0, 0.1) is 20.8 Å². The van der Waals surface area contributed by atoms with Crippen LogP contribution >= 0.6 is 11.3 Å². The van der Waals surface area contributed by atoms with Crippen molar-refractivity contribution in [2.75, 3.05) is 5.32 Å². The normalized spacial score (nSPS) is 11.0. The van der Waals surface area contributed by atoms with Crippen molar-refractivity contribution in [3.63, 3.8) is 0 Å². The van der Waals surface area contributed by atoms with Crippen LogP contribution in [0.25, 0.3) is 22.0 Å². The molecule has 2 aromatic heterocycles. The number of primary amides is 1. The molecule has 4 aromatic rings. The first kappa shape index (κ1) is 22.5. The van der Waals surface area contributed by atoms with Gasteiger partial charge in [-0.2, -0.15) is 0 Å². The number of benzene rings is 2. The average Bonchev–Trinajstić information content (AvgIpc) is 3.18. The number of pyridine rings is 1. The smallest absolute Gasteiger partial charge is 0.252 e. The molecule has 2 amide bonds. The average molecular weight is 460 g/mol. The number of aromatic nitrogens is 1. The summed E-state index contributed by atoms with van der Waals surface area (Å²) < 4.78 is 1.64. The number of fused-ring (bicyclic) bond motifs is 1. The molecule has 0 saturated carbocycles. The maximum atomic E-state index is 12.8. The van der Waals surface area contributed by atoms with E-state index in [4.69, 9.17) is 5.73 Å². The molecule has 2 aromatic carbocycles. The Labute approximate surface area is 195 Å². The first-order chi connectivity index (χ1) is 15.8.